The van der Waals surface area contributed by atoms with Gasteiger partial charge in [-0.25, -0.2) is 5.43 Å². The normalized spacial score (nSPS) is 12.3. The lowest BCUT2D eigenvalue weighted by molar-refractivity contribution is -0.132. The number of nitrogens with one attached hydrogen (secondary N) is 2. The van der Waals surface area contributed by atoms with Gasteiger partial charge in [0.15, 0.2) is 17.6 Å². The first-order valence-electron chi connectivity index (χ1n) is 13.6. The molecule has 0 aliphatic rings. The zero-order chi connectivity index (χ0) is 31.5. The molecule has 11 heteroatoms. The lowest BCUT2D eigenvalue weighted by Crippen LogP contribution is -2.50. The Bertz CT molecular complexity index is 1620. The van der Waals surface area contributed by atoms with Gasteiger partial charge in [-0.1, -0.05) is 83.3 Å². The highest BCUT2D eigenvalue weighted by molar-refractivity contribution is 6.35. The molecule has 44 heavy (non-hydrogen) atoms. The number of amides is 2. The number of nitrogens with zero attached hydrogens (tertiary/aromatic N) is 1. The van der Waals surface area contributed by atoms with Crippen LogP contribution in [0.15, 0.2) is 96.1 Å². The Hall–Kier alpha value is -4.24. The fourth-order valence-electron chi connectivity index (χ4n) is 4.07. The van der Waals surface area contributed by atoms with E-state index < -0.39 is 24.0 Å². The van der Waals surface area contributed by atoms with E-state index in [0.29, 0.717) is 32.9 Å². The van der Waals surface area contributed by atoms with E-state index in [1.807, 2.05) is 48.5 Å². The molecule has 0 radical (unpaired) electrons. The molecule has 4 aromatic carbocycles. The van der Waals surface area contributed by atoms with Gasteiger partial charge in [-0.2, -0.15) is 5.10 Å². The summed E-state index contributed by atoms with van der Waals surface area (Å²) in [5.41, 5.74) is 4.86. The van der Waals surface area contributed by atoms with E-state index in [0.717, 1.165) is 11.1 Å². The second-order valence-corrected chi connectivity index (χ2v) is 10.9. The van der Waals surface area contributed by atoms with Crippen LogP contribution in [0.3, 0.4) is 0 Å². The predicted molar refractivity (Wildman–Crippen MR) is 173 cm³/mol. The Kier molecular flexibility index (Phi) is 11.9. The average molecular weight is 655 g/mol. The summed E-state index contributed by atoms with van der Waals surface area (Å²) >= 11 is 18.4. The average Bonchev–Trinajstić information content (AvgIpc) is 3.02. The van der Waals surface area contributed by atoms with Crippen LogP contribution >= 0.6 is 34.8 Å². The van der Waals surface area contributed by atoms with Crippen molar-refractivity contribution in [1.82, 2.24) is 10.7 Å². The second-order valence-electron chi connectivity index (χ2n) is 9.61. The van der Waals surface area contributed by atoms with Crippen LogP contribution in [0.1, 0.15) is 23.6 Å². The Morgan fingerprint density at radius 3 is 2.30 bits per heavy atom. The smallest absolute Gasteiger partial charge is 0.262 e. The van der Waals surface area contributed by atoms with E-state index in [1.165, 1.54) is 19.4 Å². The summed E-state index contributed by atoms with van der Waals surface area (Å²) in [5, 5.41) is 8.18. The van der Waals surface area contributed by atoms with Gasteiger partial charge in [0.25, 0.3) is 11.8 Å². The molecule has 0 aliphatic carbocycles. The number of hydrogen-bond acceptors (Lipinski definition) is 6. The van der Waals surface area contributed by atoms with Crippen LogP contribution in [0.5, 0.6) is 17.2 Å². The van der Waals surface area contributed by atoms with Gasteiger partial charge in [-0.3, -0.25) is 9.59 Å². The predicted octanol–water partition coefficient (Wildman–Crippen LogP) is 6.88. The van der Waals surface area contributed by atoms with Crippen LogP contribution in [-0.2, 0) is 22.6 Å². The summed E-state index contributed by atoms with van der Waals surface area (Å²) in [5.74, 6) is 0.282. The number of methoxy groups -OCH3 is 1. The number of ether oxygens (including phenoxy) is 3. The molecule has 2 amide bonds. The Labute approximate surface area is 270 Å². The lowest BCUT2D eigenvalue weighted by Gasteiger charge is -2.21. The summed E-state index contributed by atoms with van der Waals surface area (Å²) in [6.45, 7) is 1.83. The summed E-state index contributed by atoms with van der Waals surface area (Å²) < 4.78 is 17.1. The molecule has 4 rings (SSSR count). The van der Waals surface area contributed by atoms with E-state index in [4.69, 9.17) is 49.0 Å². The van der Waals surface area contributed by atoms with Crippen LogP contribution in [0, 0.1) is 0 Å². The third kappa shape index (κ3) is 9.38. The highest BCUT2D eigenvalue weighted by atomic mass is 35.5. The molecule has 0 saturated heterocycles. The molecule has 0 aliphatic heterocycles. The number of hydrogen-bond donors (Lipinski definition) is 2. The van der Waals surface area contributed by atoms with Crippen LogP contribution in [0.4, 0.5) is 0 Å². The van der Waals surface area contributed by atoms with Gasteiger partial charge in [0.05, 0.1) is 18.3 Å². The van der Waals surface area contributed by atoms with Crippen LogP contribution in [-0.4, -0.2) is 37.3 Å². The molecule has 0 aromatic heterocycles. The largest absolute Gasteiger partial charge is 0.493 e. The SMILES string of the molecule is COc1cc(/C=N\NC(=O)[C@H](Cc2ccccc2)NC(=O)[C@@H](C)Oc2ccc(Cl)cc2Cl)ccc1OCc1ccccc1Cl. The van der Waals surface area contributed by atoms with Gasteiger partial charge in [0.1, 0.15) is 18.4 Å². The van der Waals surface area contributed by atoms with Crippen LogP contribution < -0.4 is 25.0 Å². The lowest BCUT2D eigenvalue weighted by atomic mass is 10.1. The quantitative estimate of drug-likeness (QED) is 0.121. The van der Waals surface area contributed by atoms with Crippen LogP contribution in [0.2, 0.25) is 15.1 Å². The molecule has 0 fully saturated rings. The van der Waals surface area contributed by atoms with Crippen molar-refractivity contribution >= 4 is 52.8 Å². The number of halogens is 3. The fraction of sp³-hybridized carbons (Fsp3) is 0.182. The number of rotatable bonds is 13. The highest BCUT2D eigenvalue weighted by Crippen LogP contribution is 2.30. The van der Waals surface area contributed by atoms with Gasteiger partial charge in [-0.15, -0.1) is 0 Å². The third-order valence-corrected chi connectivity index (χ3v) is 7.30. The zero-order valence-electron chi connectivity index (χ0n) is 23.9. The van der Waals surface area contributed by atoms with Gasteiger partial charge >= 0.3 is 0 Å². The van der Waals surface area contributed by atoms with Crippen molar-refractivity contribution in [3.05, 3.63) is 123 Å². The van der Waals surface area contributed by atoms with Gasteiger partial charge in [-0.05, 0) is 60.5 Å². The molecule has 0 bridgehead atoms. The maximum Gasteiger partial charge on any atom is 0.262 e. The third-order valence-electron chi connectivity index (χ3n) is 6.40. The Balaban J connectivity index is 1.41. The van der Waals surface area contributed by atoms with Gasteiger partial charge in [0.2, 0.25) is 0 Å². The Morgan fingerprint density at radius 2 is 1.57 bits per heavy atom. The molecule has 228 valence electrons. The molecular formula is C33H30Cl3N3O5. The van der Waals surface area contributed by atoms with E-state index in [1.54, 1.807) is 43.3 Å². The van der Waals surface area contributed by atoms with Gasteiger partial charge < -0.3 is 19.5 Å². The first-order chi connectivity index (χ1) is 21.2. The van der Waals surface area contributed by atoms with Crippen molar-refractivity contribution in [2.45, 2.75) is 32.1 Å². The fourth-order valence-corrected chi connectivity index (χ4v) is 4.71. The topological polar surface area (TPSA) is 98.2 Å². The van der Waals surface area contributed by atoms with Crippen molar-refractivity contribution in [3.8, 4) is 17.2 Å². The van der Waals surface area contributed by atoms with Crippen molar-refractivity contribution in [2.24, 2.45) is 5.10 Å². The maximum atomic E-state index is 13.2. The summed E-state index contributed by atoms with van der Waals surface area (Å²) in [6.07, 6.45) is 0.746. The zero-order valence-corrected chi connectivity index (χ0v) is 26.2. The Morgan fingerprint density at radius 1 is 0.841 bits per heavy atom. The summed E-state index contributed by atoms with van der Waals surface area (Å²) in [7, 11) is 1.53. The van der Waals surface area contributed by atoms with E-state index in [-0.39, 0.29) is 18.1 Å². The second kappa shape index (κ2) is 16.0. The molecule has 0 heterocycles. The van der Waals surface area contributed by atoms with E-state index in [9.17, 15) is 9.59 Å². The first kappa shape index (κ1) is 32.7. The van der Waals surface area contributed by atoms with Crippen molar-refractivity contribution in [3.63, 3.8) is 0 Å². The minimum atomic E-state index is -0.950. The van der Waals surface area contributed by atoms with E-state index in [2.05, 4.69) is 15.8 Å². The molecule has 2 N–H and O–H groups in total. The standard InChI is InChI=1S/C33H30Cl3N3O5/c1-21(44-29-15-13-25(34)18-27(29)36)32(40)38-28(16-22-8-4-3-5-9-22)33(41)39-37-19-23-12-14-30(31(17-23)42-2)43-20-24-10-6-7-11-26(24)35/h3-15,17-19,21,28H,16,20H2,1-2H3,(H,38,40)(H,39,41)/b37-19-/t21-,28+/m1/s1. The molecule has 4 aromatic rings. The molecule has 2 atom stereocenters. The number of hydrazone groups is 1. The number of carbonyl (C=O) groups is 2. The number of carbonyl (C=O) groups excluding carboxylic acids is 2. The first-order valence-corrected chi connectivity index (χ1v) is 14.7. The number of benzene rings is 4. The van der Waals surface area contributed by atoms with Crippen molar-refractivity contribution < 1.29 is 23.8 Å². The minimum Gasteiger partial charge on any atom is -0.493 e. The molecule has 0 spiro atoms. The maximum absolute atomic E-state index is 13.2. The van der Waals surface area contributed by atoms with Crippen molar-refractivity contribution in [1.29, 1.82) is 0 Å². The molecular weight excluding hydrogens is 625 g/mol. The summed E-state index contributed by atoms with van der Waals surface area (Å²) in [4.78, 5) is 26.2. The molecule has 0 saturated carbocycles. The summed E-state index contributed by atoms with van der Waals surface area (Å²) in [6, 6.07) is 25.7. The monoisotopic (exact) mass is 653 g/mol. The van der Waals surface area contributed by atoms with E-state index >= 15 is 0 Å². The molecule has 0 unspecified atom stereocenters. The minimum absolute atomic E-state index is 0.230. The van der Waals surface area contributed by atoms with Crippen molar-refractivity contribution in [2.75, 3.05) is 7.11 Å². The van der Waals surface area contributed by atoms with Gasteiger partial charge in [0, 0.05) is 22.0 Å². The van der Waals surface area contributed by atoms with Crippen LogP contribution in [0.25, 0.3) is 0 Å². The highest BCUT2D eigenvalue weighted by Gasteiger charge is 2.25. The molecule has 8 nitrogen and oxygen atoms in total.